The van der Waals surface area contributed by atoms with Crippen LogP contribution in [-0.4, -0.2) is 29.2 Å². The van der Waals surface area contributed by atoms with Crippen LogP contribution in [-0.2, 0) is 9.59 Å². The highest BCUT2D eigenvalue weighted by Gasteiger charge is 2.29. The molecule has 2 aliphatic rings. The third-order valence-electron chi connectivity index (χ3n) is 3.99. The molecule has 1 aromatic heterocycles. The normalized spacial score (nSPS) is 21.4. The minimum atomic E-state index is -0.446. The van der Waals surface area contributed by atoms with Gasteiger partial charge in [-0.1, -0.05) is 0 Å². The van der Waals surface area contributed by atoms with Gasteiger partial charge in [-0.25, -0.2) is 4.98 Å². The number of amides is 2. The van der Waals surface area contributed by atoms with Crippen LogP contribution in [0.3, 0.4) is 0 Å². The third kappa shape index (κ3) is 3.69. The second-order valence-electron chi connectivity index (χ2n) is 5.91. The first-order valence-electron chi connectivity index (χ1n) is 7.57. The number of carbonyl (C=O) groups is 3. The van der Waals surface area contributed by atoms with Gasteiger partial charge < -0.3 is 4.74 Å². The Morgan fingerprint density at radius 3 is 2.73 bits per heavy atom. The lowest BCUT2D eigenvalue weighted by atomic mass is 9.92. The van der Waals surface area contributed by atoms with Gasteiger partial charge in [0.25, 0.3) is 0 Å². The SMILES string of the molecule is O=C1CCC(CC(=O)c2ccc(OCC3CC3)cn2)C(=O)N1. The fourth-order valence-electron chi connectivity index (χ4n) is 2.39. The summed E-state index contributed by atoms with van der Waals surface area (Å²) < 4.78 is 5.57. The highest BCUT2D eigenvalue weighted by molar-refractivity contribution is 6.02. The molecule has 1 saturated heterocycles. The van der Waals surface area contributed by atoms with Crippen molar-refractivity contribution in [2.24, 2.45) is 11.8 Å². The number of Topliss-reactive ketones (excluding diaryl/α,β-unsaturated/α-hetero) is 1. The number of nitrogens with zero attached hydrogens (tertiary/aromatic N) is 1. The topological polar surface area (TPSA) is 85.4 Å². The number of hydrogen-bond acceptors (Lipinski definition) is 5. The fraction of sp³-hybridized carbons (Fsp3) is 0.500. The van der Waals surface area contributed by atoms with Crippen LogP contribution in [0.2, 0.25) is 0 Å². The molecule has 116 valence electrons. The minimum Gasteiger partial charge on any atom is -0.492 e. The molecular weight excluding hydrogens is 284 g/mol. The summed E-state index contributed by atoms with van der Waals surface area (Å²) in [5, 5.41) is 2.26. The standard InChI is InChI=1S/C16H18N2O4/c19-14(7-11-3-6-15(20)18-16(11)21)13-5-4-12(8-17-13)22-9-10-1-2-10/h4-5,8,10-11H,1-3,6-7,9H2,(H,18,20,21). The van der Waals surface area contributed by atoms with Gasteiger partial charge in [0.2, 0.25) is 11.8 Å². The van der Waals surface area contributed by atoms with Crippen LogP contribution < -0.4 is 10.1 Å². The summed E-state index contributed by atoms with van der Waals surface area (Å²) in [7, 11) is 0. The Morgan fingerprint density at radius 1 is 1.27 bits per heavy atom. The second kappa shape index (κ2) is 6.25. The smallest absolute Gasteiger partial charge is 0.230 e. The van der Waals surface area contributed by atoms with Gasteiger partial charge in [-0.3, -0.25) is 19.7 Å². The maximum Gasteiger partial charge on any atom is 0.230 e. The summed E-state index contributed by atoms with van der Waals surface area (Å²) >= 11 is 0. The molecule has 3 rings (SSSR count). The average molecular weight is 302 g/mol. The van der Waals surface area contributed by atoms with Crippen molar-refractivity contribution in [3.05, 3.63) is 24.0 Å². The first kappa shape index (κ1) is 14.7. The number of rotatable bonds is 6. The highest BCUT2D eigenvalue weighted by atomic mass is 16.5. The molecule has 0 aromatic carbocycles. The van der Waals surface area contributed by atoms with Crippen molar-refractivity contribution >= 4 is 17.6 Å². The lowest BCUT2D eigenvalue weighted by molar-refractivity contribution is -0.136. The molecule has 1 atom stereocenters. The number of ether oxygens (including phenoxy) is 1. The minimum absolute atomic E-state index is 0.0778. The maximum absolute atomic E-state index is 12.2. The summed E-state index contributed by atoms with van der Waals surface area (Å²) in [6, 6.07) is 3.35. The molecule has 6 nitrogen and oxygen atoms in total. The van der Waals surface area contributed by atoms with Crippen LogP contribution in [0.1, 0.15) is 42.6 Å². The van der Waals surface area contributed by atoms with E-state index in [1.807, 2.05) is 0 Å². The zero-order chi connectivity index (χ0) is 15.5. The average Bonchev–Trinajstić information content (AvgIpc) is 3.33. The first-order valence-corrected chi connectivity index (χ1v) is 7.57. The Morgan fingerprint density at radius 2 is 2.09 bits per heavy atom. The van der Waals surface area contributed by atoms with Gasteiger partial charge in [-0.05, 0) is 37.3 Å². The van der Waals surface area contributed by atoms with Gasteiger partial charge >= 0.3 is 0 Å². The molecule has 0 bridgehead atoms. The van der Waals surface area contributed by atoms with Crippen LogP contribution >= 0.6 is 0 Å². The van der Waals surface area contributed by atoms with Crippen molar-refractivity contribution in [2.45, 2.75) is 32.1 Å². The summed E-state index contributed by atoms with van der Waals surface area (Å²) in [5.41, 5.74) is 0.323. The van der Waals surface area contributed by atoms with Crippen LogP contribution in [0.25, 0.3) is 0 Å². The Balaban J connectivity index is 1.54. The maximum atomic E-state index is 12.2. The second-order valence-corrected chi connectivity index (χ2v) is 5.91. The summed E-state index contributed by atoms with van der Waals surface area (Å²) in [5.74, 6) is 0.0392. The zero-order valence-corrected chi connectivity index (χ0v) is 12.2. The summed E-state index contributed by atoms with van der Waals surface area (Å²) in [6.07, 6.45) is 4.75. The molecule has 0 radical (unpaired) electrons. The van der Waals surface area contributed by atoms with Gasteiger partial charge in [0.1, 0.15) is 11.4 Å². The molecule has 1 aliphatic carbocycles. The van der Waals surface area contributed by atoms with Crippen LogP contribution in [0, 0.1) is 11.8 Å². The molecule has 0 spiro atoms. The van der Waals surface area contributed by atoms with Gasteiger partial charge in [-0.2, -0.15) is 0 Å². The van der Waals surface area contributed by atoms with Crippen molar-refractivity contribution in [3.8, 4) is 5.75 Å². The van der Waals surface area contributed by atoms with Crippen molar-refractivity contribution in [3.63, 3.8) is 0 Å². The predicted octanol–water partition coefficient (Wildman–Crippen LogP) is 1.50. The molecule has 22 heavy (non-hydrogen) atoms. The molecule has 1 N–H and O–H groups in total. The number of ketones is 1. The van der Waals surface area contributed by atoms with E-state index in [9.17, 15) is 14.4 Å². The Bertz CT molecular complexity index is 593. The fourth-order valence-corrected chi connectivity index (χ4v) is 2.39. The van der Waals surface area contributed by atoms with Gasteiger partial charge in [0, 0.05) is 18.8 Å². The van der Waals surface area contributed by atoms with Crippen molar-refractivity contribution in [1.29, 1.82) is 0 Å². The molecule has 6 heteroatoms. The van der Waals surface area contributed by atoms with Crippen LogP contribution in [0.15, 0.2) is 18.3 Å². The van der Waals surface area contributed by atoms with Gasteiger partial charge in [0.15, 0.2) is 5.78 Å². The number of pyridine rings is 1. The molecule has 2 amide bonds. The number of imide groups is 1. The Hall–Kier alpha value is -2.24. The van der Waals surface area contributed by atoms with E-state index in [-0.39, 0.29) is 30.4 Å². The molecule has 2 fully saturated rings. The van der Waals surface area contributed by atoms with E-state index in [0.717, 1.165) is 0 Å². The van der Waals surface area contributed by atoms with Crippen molar-refractivity contribution < 1.29 is 19.1 Å². The molecule has 1 saturated carbocycles. The van der Waals surface area contributed by atoms with E-state index in [1.165, 1.54) is 12.8 Å². The van der Waals surface area contributed by atoms with E-state index in [2.05, 4.69) is 10.3 Å². The molecule has 1 aromatic rings. The summed E-state index contributed by atoms with van der Waals surface area (Å²) in [4.78, 5) is 39.0. The highest BCUT2D eigenvalue weighted by Crippen LogP contribution is 2.29. The Kier molecular flexibility index (Phi) is 4.18. The third-order valence-corrected chi connectivity index (χ3v) is 3.99. The molecule has 2 heterocycles. The van der Waals surface area contributed by atoms with Gasteiger partial charge in [0.05, 0.1) is 12.8 Å². The van der Waals surface area contributed by atoms with E-state index in [4.69, 9.17) is 4.74 Å². The van der Waals surface area contributed by atoms with Crippen molar-refractivity contribution in [1.82, 2.24) is 10.3 Å². The largest absolute Gasteiger partial charge is 0.492 e. The van der Waals surface area contributed by atoms with Crippen molar-refractivity contribution in [2.75, 3.05) is 6.61 Å². The van der Waals surface area contributed by atoms with E-state index < -0.39 is 5.92 Å². The van der Waals surface area contributed by atoms with E-state index >= 15 is 0 Å². The number of hydrogen-bond donors (Lipinski definition) is 1. The van der Waals surface area contributed by atoms with E-state index in [1.54, 1.807) is 18.3 Å². The predicted molar refractivity (Wildman–Crippen MR) is 77.3 cm³/mol. The number of aromatic nitrogens is 1. The van der Waals surface area contributed by atoms with E-state index in [0.29, 0.717) is 30.4 Å². The van der Waals surface area contributed by atoms with Crippen LogP contribution in [0.4, 0.5) is 0 Å². The lowest BCUT2D eigenvalue weighted by Crippen LogP contribution is -2.41. The lowest BCUT2D eigenvalue weighted by Gasteiger charge is -2.19. The van der Waals surface area contributed by atoms with Gasteiger partial charge in [-0.15, -0.1) is 0 Å². The monoisotopic (exact) mass is 302 g/mol. The number of carbonyl (C=O) groups excluding carboxylic acids is 3. The molecule has 1 aliphatic heterocycles. The quantitative estimate of drug-likeness (QED) is 0.635. The molecule has 1 unspecified atom stereocenters. The zero-order valence-electron chi connectivity index (χ0n) is 12.2. The first-order chi connectivity index (χ1) is 10.6. The number of nitrogens with one attached hydrogen (secondary N) is 1. The number of piperidine rings is 1. The summed E-state index contributed by atoms with van der Waals surface area (Å²) in [6.45, 7) is 0.700. The Labute approximate surface area is 128 Å². The van der Waals surface area contributed by atoms with Crippen LogP contribution in [0.5, 0.6) is 5.75 Å². The molecular formula is C16H18N2O4.